The van der Waals surface area contributed by atoms with Gasteiger partial charge in [-0.15, -0.1) is 12.4 Å². The van der Waals surface area contributed by atoms with E-state index in [4.69, 9.17) is 0 Å². The topological polar surface area (TPSA) is 42.7 Å². The lowest BCUT2D eigenvalue weighted by molar-refractivity contribution is 0.451. The average molecular weight is 253 g/mol. The summed E-state index contributed by atoms with van der Waals surface area (Å²) in [6.45, 7) is 2.20. The van der Waals surface area contributed by atoms with Crippen LogP contribution in [0, 0.1) is 0 Å². The van der Waals surface area contributed by atoms with E-state index in [1.807, 2.05) is 24.0 Å². The number of hydrogen-bond acceptors (Lipinski definition) is 3. The van der Waals surface area contributed by atoms with Gasteiger partial charge in [0.2, 0.25) is 0 Å². The van der Waals surface area contributed by atoms with Gasteiger partial charge in [0.1, 0.15) is 0 Å². The molecule has 0 amide bonds. The molecule has 3 rings (SSSR count). The molecule has 4 nitrogen and oxygen atoms in total. The fourth-order valence-electron chi connectivity index (χ4n) is 2.51. The normalized spacial score (nSPS) is 17.0. The van der Waals surface area contributed by atoms with Crippen LogP contribution in [0.1, 0.15) is 24.5 Å². The smallest absolute Gasteiger partial charge is 0.157 e. The van der Waals surface area contributed by atoms with E-state index in [9.17, 15) is 0 Å². The predicted molar refractivity (Wildman–Crippen MR) is 70.6 cm³/mol. The second-order valence-corrected chi connectivity index (χ2v) is 4.41. The molecule has 1 aliphatic heterocycles. The third kappa shape index (κ3) is 2.15. The van der Waals surface area contributed by atoms with Crippen molar-refractivity contribution in [1.29, 1.82) is 0 Å². The SMILES string of the molecule is Cl.Cn1nc(C2CCNCC2)c2cccnc21. The first-order valence-corrected chi connectivity index (χ1v) is 5.84. The van der Waals surface area contributed by atoms with E-state index < -0.39 is 0 Å². The standard InChI is InChI=1S/C12H16N4.ClH/c1-16-12-10(3-2-6-14-12)11(15-16)9-4-7-13-8-5-9;/h2-3,6,9,13H,4-5,7-8H2,1H3;1H. The zero-order valence-electron chi connectivity index (χ0n) is 9.89. The van der Waals surface area contributed by atoms with Crippen LogP contribution >= 0.6 is 12.4 Å². The molecule has 1 N–H and O–H groups in total. The number of fused-ring (bicyclic) bond motifs is 1. The van der Waals surface area contributed by atoms with E-state index in [2.05, 4.69) is 21.5 Å². The van der Waals surface area contributed by atoms with E-state index in [0.29, 0.717) is 5.92 Å². The molecule has 1 saturated heterocycles. The van der Waals surface area contributed by atoms with Gasteiger partial charge in [0.15, 0.2) is 5.65 Å². The van der Waals surface area contributed by atoms with Gasteiger partial charge in [-0.05, 0) is 38.1 Å². The Morgan fingerprint density at radius 1 is 1.35 bits per heavy atom. The fourth-order valence-corrected chi connectivity index (χ4v) is 2.51. The van der Waals surface area contributed by atoms with Crippen molar-refractivity contribution in [2.75, 3.05) is 13.1 Å². The third-order valence-electron chi connectivity index (χ3n) is 3.35. The largest absolute Gasteiger partial charge is 0.317 e. The zero-order chi connectivity index (χ0) is 11.0. The molecule has 0 spiro atoms. The minimum Gasteiger partial charge on any atom is -0.317 e. The maximum absolute atomic E-state index is 4.64. The molecular formula is C12H17ClN4. The number of halogens is 1. The molecule has 17 heavy (non-hydrogen) atoms. The van der Waals surface area contributed by atoms with Crippen LogP contribution in [-0.2, 0) is 7.05 Å². The number of nitrogens with one attached hydrogen (secondary N) is 1. The van der Waals surface area contributed by atoms with Gasteiger partial charge in [-0.2, -0.15) is 5.10 Å². The Kier molecular flexibility index (Phi) is 3.64. The Hall–Kier alpha value is -1.13. The molecule has 92 valence electrons. The lowest BCUT2D eigenvalue weighted by Crippen LogP contribution is -2.26. The number of nitrogens with zero attached hydrogens (tertiary/aromatic N) is 3. The van der Waals surface area contributed by atoms with Crippen molar-refractivity contribution >= 4 is 23.4 Å². The third-order valence-corrected chi connectivity index (χ3v) is 3.35. The monoisotopic (exact) mass is 252 g/mol. The summed E-state index contributed by atoms with van der Waals surface area (Å²) in [4.78, 5) is 4.38. The molecule has 1 fully saturated rings. The van der Waals surface area contributed by atoms with Gasteiger partial charge in [-0.25, -0.2) is 4.98 Å². The number of pyridine rings is 1. The van der Waals surface area contributed by atoms with Crippen molar-refractivity contribution < 1.29 is 0 Å². The summed E-state index contributed by atoms with van der Waals surface area (Å²) in [6.07, 6.45) is 4.19. The predicted octanol–water partition coefficient (Wildman–Crippen LogP) is 1.86. The van der Waals surface area contributed by atoms with Gasteiger partial charge in [0.25, 0.3) is 0 Å². The molecule has 0 aromatic carbocycles. The first-order chi connectivity index (χ1) is 7.86. The Bertz CT molecular complexity index is 502. The average Bonchev–Trinajstić information content (AvgIpc) is 2.69. The number of aryl methyl sites for hydroxylation is 1. The first kappa shape index (κ1) is 12.3. The molecule has 0 saturated carbocycles. The van der Waals surface area contributed by atoms with Crippen LogP contribution in [-0.4, -0.2) is 27.9 Å². The van der Waals surface area contributed by atoms with E-state index in [1.165, 1.54) is 23.9 Å². The molecule has 2 aromatic rings. The highest BCUT2D eigenvalue weighted by Gasteiger charge is 2.21. The van der Waals surface area contributed by atoms with Crippen LogP contribution in [0.4, 0.5) is 0 Å². The second kappa shape index (κ2) is 5.02. The van der Waals surface area contributed by atoms with Crippen molar-refractivity contribution in [3.8, 4) is 0 Å². The van der Waals surface area contributed by atoms with Gasteiger partial charge < -0.3 is 5.32 Å². The molecule has 0 aliphatic carbocycles. The van der Waals surface area contributed by atoms with Crippen molar-refractivity contribution in [3.63, 3.8) is 0 Å². The summed E-state index contributed by atoms with van der Waals surface area (Å²) in [5, 5.41) is 9.25. The molecule has 1 aliphatic rings. The Morgan fingerprint density at radius 2 is 2.12 bits per heavy atom. The first-order valence-electron chi connectivity index (χ1n) is 5.84. The van der Waals surface area contributed by atoms with Crippen molar-refractivity contribution in [1.82, 2.24) is 20.1 Å². The molecule has 0 bridgehead atoms. The van der Waals surface area contributed by atoms with Gasteiger partial charge in [0.05, 0.1) is 5.69 Å². The summed E-state index contributed by atoms with van der Waals surface area (Å²) in [5.74, 6) is 0.592. The summed E-state index contributed by atoms with van der Waals surface area (Å²) in [7, 11) is 1.97. The van der Waals surface area contributed by atoms with E-state index in [-0.39, 0.29) is 12.4 Å². The van der Waals surface area contributed by atoms with Gasteiger partial charge in [-0.1, -0.05) is 0 Å². The van der Waals surface area contributed by atoms with Crippen LogP contribution in [0.2, 0.25) is 0 Å². The fraction of sp³-hybridized carbons (Fsp3) is 0.500. The number of piperidine rings is 1. The Balaban J connectivity index is 0.00000108. The molecule has 0 unspecified atom stereocenters. The highest BCUT2D eigenvalue weighted by Crippen LogP contribution is 2.29. The van der Waals surface area contributed by atoms with Crippen molar-refractivity contribution in [3.05, 3.63) is 24.0 Å². The van der Waals surface area contributed by atoms with Gasteiger partial charge >= 0.3 is 0 Å². The van der Waals surface area contributed by atoms with Crippen LogP contribution in [0.3, 0.4) is 0 Å². The molecule has 5 heteroatoms. The maximum atomic E-state index is 4.64. The number of aromatic nitrogens is 3. The van der Waals surface area contributed by atoms with Crippen LogP contribution in [0.5, 0.6) is 0 Å². The molecule has 2 aromatic heterocycles. The molecule has 3 heterocycles. The number of hydrogen-bond donors (Lipinski definition) is 1. The summed E-state index contributed by atoms with van der Waals surface area (Å²) in [5.41, 5.74) is 2.23. The Morgan fingerprint density at radius 3 is 2.88 bits per heavy atom. The maximum Gasteiger partial charge on any atom is 0.157 e. The van der Waals surface area contributed by atoms with E-state index in [1.54, 1.807) is 0 Å². The van der Waals surface area contributed by atoms with Crippen molar-refractivity contribution in [2.45, 2.75) is 18.8 Å². The Labute approximate surface area is 107 Å². The lowest BCUT2D eigenvalue weighted by Gasteiger charge is -2.20. The molecular weight excluding hydrogens is 236 g/mol. The van der Waals surface area contributed by atoms with E-state index in [0.717, 1.165) is 18.7 Å². The quantitative estimate of drug-likeness (QED) is 0.843. The highest BCUT2D eigenvalue weighted by atomic mass is 35.5. The van der Waals surface area contributed by atoms with Gasteiger partial charge in [0, 0.05) is 24.5 Å². The second-order valence-electron chi connectivity index (χ2n) is 4.41. The molecule has 0 atom stereocenters. The van der Waals surface area contributed by atoms with E-state index >= 15 is 0 Å². The summed E-state index contributed by atoms with van der Waals surface area (Å²) in [6, 6.07) is 4.13. The molecule has 0 radical (unpaired) electrons. The summed E-state index contributed by atoms with van der Waals surface area (Å²) >= 11 is 0. The number of rotatable bonds is 1. The highest BCUT2D eigenvalue weighted by molar-refractivity contribution is 5.85. The lowest BCUT2D eigenvalue weighted by atomic mass is 9.93. The van der Waals surface area contributed by atoms with Crippen molar-refractivity contribution in [2.24, 2.45) is 7.05 Å². The zero-order valence-corrected chi connectivity index (χ0v) is 10.7. The minimum absolute atomic E-state index is 0. The van der Waals surface area contributed by atoms with Crippen LogP contribution in [0.15, 0.2) is 18.3 Å². The van der Waals surface area contributed by atoms with Crippen LogP contribution < -0.4 is 5.32 Å². The summed E-state index contributed by atoms with van der Waals surface area (Å²) < 4.78 is 1.90. The van der Waals surface area contributed by atoms with Crippen LogP contribution in [0.25, 0.3) is 11.0 Å². The van der Waals surface area contributed by atoms with Gasteiger partial charge in [-0.3, -0.25) is 4.68 Å². The minimum atomic E-state index is 0.